The molecule has 1 atom stereocenters. The van der Waals surface area contributed by atoms with Crippen molar-refractivity contribution >= 4 is 46.3 Å². The van der Waals surface area contributed by atoms with Crippen LogP contribution >= 0.6 is 34.3 Å². The van der Waals surface area contributed by atoms with E-state index in [2.05, 4.69) is 4.99 Å². The highest BCUT2D eigenvalue weighted by Gasteiger charge is 2.33. The zero-order valence-electron chi connectivity index (χ0n) is 15.7. The molecule has 0 radical (unpaired) electrons. The van der Waals surface area contributed by atoms with Gasteiger partial charge in [0.05, 0.1) is 22.4 Å². The van der Waals surface area contributed by atoms with Crippen LogP contribution in [0.3, 0.4) is 0 Å². The normalized spacial score (nSPS) is 16.5. The SMILES string of the molecule is CCOC(=O)C1=C(C)N=c2s/c(=C/c3ccccc3Cl)c(=O)n2C1c1cccs1. The number of allylic oxidation sites excluding steroid dienone is 1. The highest BCUT2D eigenvalue weighted by molar-refractivity contribution is 7.10. The quantitative estimate of drug-likeness (QED) is 0.578. The molecule has 0 fully saturated rings. The Bertz CT molecular complexity index is 1290. The van der Waals surface area contributed by atoms with Crippen molar-refractivity contribution < 1.29 is 9.53 Å². The summed E-state index contributed by atoms with van der Waals surface area (Å²) < 4.78 is 7.36. The number of esters is 1. The Balaban J connectivity index is 1.96. The van der Waals surface area contributed by atoms with Crippen LogP contribution in [0, 0.1) is 0 Å². The highest BCUT2D eigenvalue weighted by Crippen LogP contribution is 2.33. The van der Waals surface area contributed by atoms with Crippen LogP contribution in [0.15, 0.2) is 62.8 Å². The molecule has 0 N–H and O–H groups in total. The molecule has 5 nitrogen and oxygen atoms in total. The fourth-order valence-corrected chi connectivity index (χ4v) is 5.29. The third-order valence-corrected chi connectivity index (χ3v) is 6.77. The Morgan fingerprint density at radius 3 is 2.79 bits per heavy atom. The molecular weight excluding hydrogens is 428 g/mol. The van der Waals surface area contributed by atoms with Gasteiger partial charge in [-0.25, -0.2) is 9.79 Å². The molecule has 1 aromatic carbocycles. The van der Waals surface area contributed by atoms with Gasteiger partial charge in [0.1, 0.15) is 6.04 Å². The monoisotopic (exact) mass is 444 g/mol. The van der Waals surface area contributed by atoms with Crippen LogP contribution in [0.1, 0.15) is 30.3 Å². The zero-order valence-corrected chi connectivity index (χ0v) is 18.1. The molecule has 3 heterocycles. The van der Waals surface area contributed by atoms with Crippen molar-refractivity contribution in [3.05, 3.63) is 88.2 Å². The number of halogens is 1. The number of hydrogen-bond acceptors (Lipinski definition) is 6. The second kappa shape index (κ2) is 8.10. The summed E-state index contributed by atoms with van der Waals surface area (Å²) in [6, 6.07) is 10.6. The van der Waals surface area contributed by atoms with Gasteiger partial charge >= 0.3 is 5.97 Å². The number of fused-ring (bicyclic) bond motifs is 1. The molecule has 0 amide bonds. The van der Waals surface area contributed by atoms with Crippen molar-refractivity contribution in [1.82, 2.24) is 4.57 Å². The van der Waals surface area contributed by atoms with Crippen molar-refractivity contribution in [1.29, 1.82) is 0 Å². The standard InChI is InChI=1S/C21H17ClN2O3S2/c1-3-27-20(26)17-12(2)23-21-24(18(17)15-9-6-10-28-15)19(25)16(29-21)11-13-7-4-5-8-14(13)22/h4-11,18H,3H2,1-2H3/b16-11+. The number of nitrogens with zero attached hydrogens (tertiary/aromatic N) is 2. The summed E-state index contributed by atoms with van der Waals surface area (Å²) in [4.78, 5) is 32.0. The van der Waals surface area contributed by atoms with Gasteiger partial charge in [0.15, 0.2) is 4.80 Å². The Morgan fingerprint density at radius 1 is 1.31 bits per heavy atom. The topological polar surface area (TPSA) is 60.7 Å². The Labute approximate surface area is 179 Å². The number of thiophene rings is 1. The summed E-state index contributed by atoms with van der Waals surface area (Å²) in [6.45, 7) is 3.79. The van der Waals surface area contributed by atoms with Crippen molar-refractivity contribution in [2.75, 3.05) is 6.61 Å². The van der Waals surface area contributed by atoms with Crippen LogP contribution in [0.2, 0.25) is 5.02 Å². The van der Waals surface area contributed by atoms with Crippen LogP contribution in [0.25, 0.3) is 6.08 Å². The molecule has 4 rings (SSSR count). The third-order valence-electron chi connectivity index (χ3n) is 4.52. The van der Waals surface area contributed by atoms with Crippen molar-refractivity contribution in [2.45, 2.75) is 19.9 Å². The van der Waals surface area contributed by atoms with Crippen LogP contribution in [-0.4, -0.2) is 17.1 Å². The second-order valence-corrected chi connectivity index (χ2v) is 8.73. The predicted octanol–water partition coefficient (Wildman–Crippen LogP) is 3.51. The van der Waals surface area contributed by atoms with E-state index in [1.54, 1.807) is 30.6 Å². The highest BCUT2D eigenvalue weighted by atomic mass is 35.5. The van der Waals surface area contributed by atoms with Gasteiger partial charge in [-0.05, 0) is 43.0 Å². The van der Waals surface area contributed by atoms with Crippen LogP contribution in [-0.2, 0) is 9.53 Å². The molecule has 29 heavy (non-hydrogen) atoms. The number of rotatable bonds is 4. The molecule has 1 aliphatic heterocycles. The first-order valence-electron chi connectivity index (χ1n) is 8.99. The summed E-state index contributed by atoms with van der Waals surface area (Å²) in [5.41, 5.74) is 1.51. The minimum absolute atomic E-state index is 0.207. The van der Waals surface area contributed by atoms with Gasteiger partial charge in [-0.1, -0.05) is 47.2 Å². The third kappa shape index (κ3) is 3.61. The summed E-state index contributed by atoms with van der Waals surface area (Å²) in [5, 5.41) is 2.49. The van der Waals surface area contributed by atoms with Crippen molar-refractivity contribution in [3.8, 4) is 0 Å². The summed E-state index contributed by atoms with van der Waals surface area (Å²) in [5.74, 6) is -0.451. The van der Waals surface area contributed by atoms with E-state index in [4.69, 9.17) is 16.3 Å². The molecule has 2 aromatic heterocycles. The first kappa shape index (κ1) is 19.8. The van der Waals surface area contributed by atoms with E-state index in [-0.39, 0.29) is 12.2 Å². The molecule has 8 heteroatoms. The summed E-state index contributed by atoms with van der Waals surface area (Å²) in [6.07, 6.45) is 1.76. The van der Waals surface area contributed by atoms with Crippen molar-refractivity contribution in [2.24, 2.45) is 4.99 Å². The smallest absolute Gasteiger partial charge is 0.338 e. The lowest BCUT2D eigenvalue weighted by molar-refractivity contribution is -0.139. The number of hydrogen-bond donors (Lipinski definition) is 0. The average molecular weight is 445 g/mol. The van der Waals surface area contributed by atoms with E-state index >= 15 is 0 Å². The second-order valence-electron chi connectivity index (χ2n) is 6.34. The van der Waals surface area contributed by atoms with E-state index in [0.29, 0.717) is 25.6 Å². The number of thiazole rings is 1. The minimum Gasteiger partial charge on any atom is -0.463 e. The van der Waals surface area contributed by atoms with Gasteiger partial charge in [-0.2, -0.15) is 0 Å². The van der Waals surface area contributed by atoms with Gasteiger partial charge in [-0.15, -0.1) is 11.3 Å². The van der Waals surface area contributed by atoms with E-state index in [9.17, 15) is 9.59 Å². The Hall–Kier alpha value is -2.48. The Kier molecular flexibility index (Phi) is 5.54. The zero-order chi connectivity index (χ0) is 20.5. The van der Waals surface area contributed by atoms with Gasteiger partial charge in [0.2, 0.25) is 0 Å². The fourth-order valence-electron chi connectivity index (χ4n) is 3.24. The Morgan fingerprint density at radius 2 is 2.10 bits per heavy atom. The van der Waals surface area contributed by atoms with Crippen LogP contribution in [0.4, 0.5) is 0 Å². The lowest BCUT2D eigenvalue weighted by atomic mass is 10.0. The molecular formula is C21H17ClN2O3S2. The molecule has 0 aliphatic carbocycles. The molecule has 0 saturated heterocycles. The minimum atomic E-state index is -0.557. The fraction of sp³-hybridized carbons (Fsp3) is 0.190. The lowest BCUT2D eigenvalue weighted by Gasteiger charge is -2.23. The van der Waals surface area contributed by atoms with E-state index in [0.717, 1.165) is 10.4 Å². The van der Waals surface area contributed by atoms with Gasteiger partial charge < -0.3 is 4.74 Å². The molecule has 0 spiro atoms. The van der Waals surface area contributed by atoms with E-state index in [1.807, 2.05) is 35.7 Å². The predicted molar refractivity (Wildman–Crippen MR) is 116 cm³/mol. The summed E-state index contributed by atoms with van der Waals surface area (Å²) in [7, 11) is 0. The molecule has 148 valence electrons. The van der Waals surface area contributed by atoms with Gasteiger partial charge in [-0.3, -0.25) is 9.36 Å². The lowest BCUT2D eigenvalue weighted by Crippen LogP contribution is -2.39. The van der Waals surface area contributed by atoms with E-state index < -0.39 is 12.0 Å². The average Bonchev–Trinajstić information content (AvgIpc) is 3.32. The maximum Gasteiger partial charge on any atom is 0.338 e. The number of carbonyl (C=O) groups excluding carboxylic acids is 1. The number of carbonyl (C=O) groups is 1. The first-order valence-corrected chi connectivity index (χ1v) is 11.1. The maximum absolute atomic E-state index is 13.3. The number of ether oxygens (including phenoxy) is 1. The molecule has 0 saturated carbocycles. The van der Waals surface area contributed by atoms with Crippen LogP contribution in [0.5, 0.6) is 0 Å². The van der Waals surface area contributed by atoms with Gasteiger partial charge in [0.25, 0.3) is 5.56 Å². The number of benzene rings is 1. The van der Waals surface area contributed by atoms with E-state index in [1.165, 1.54) is 22.7 Å². The van der Waals surface area contributed by atoms with Crippen LogP contribution < -0.4 is 14.9 Å². The van der Waals surface area contributed by atoms with Gasteiger partial charge in [0, 0.05) is 9.90 Å². The maximum atomic E-state index is 13.3. The molecule has 3 aromatic rings. The molecule has 1 aliphatic rings. The first-order chi connectivity index (χ1) is 14.0. The largest absolute Gasteiger partial charge is 0.463 e. The molecule has 0 bridgehead atoms. The summed E-state index contributed by atoms with van der Waals surface area (Å²) >= 11 is 9.03. The molecule has 1 unspecified atom stereocenters. The van der Waals surface area contributed by atoms with Crippen molar-refractivity contribution in [3.63, 3.8) is 0 Å². The number of aromatic nitrogens is 1.